The molecule has 1 saturated carbocycles. The second-order valence-electron chi connectivity index (χ2n) is 6.96. The van der Waals surface area contributed by atoms with Gasteiger partial charge in [0, 0.05) is 31.1 Å². The predicted octanol–water partition coefficient (Wildman–Crippen LogP) is 2.74. The van der Waals surface area contributed by atoms with E-state index in [9.17, 15) is 8.42 Å². The van der Waals surface area contributed by atoms with Gasteiger partial charge in [0.2, 0.25) is 10.0 Å². The lowest BCUT2D eigenvalue weighted by atomic mass is 9.86. The van der Waals surface area contributed by atoms with E-state index in [1.165, 1.54) is 6.42 Å². The average Bonchev–Trinajstić information content (AvgIpc) is 2.93. The average molecular weight is 520 g/mol. The standard InChI is InChI=1S/C19H28N4O3S.HI/c1-14-16-8-3-4-9-17(16)26-18(14)13-22-19(20-2)21-10-11-27(24,25)23-12-15-6-5-7-15;/h3-4,8-9,15,23H,5-7,10-13H2,1-2H3,(H2,20,21,22);1H. The summed E-state index contributed by atoms with van der Waals surface area (Å²) in [5.41, 5.74) is 1.95. The van der Waals surface area contributed by atoms with Crippen molar-refractivity contribution in [2.24, 2.45) is 10.9 Å². The number of aliphatic imine (C=N–C) groups is 1. The van der Waals surface area contributed by atoms with Crippen LogP contribution in [0.15, 0.2) is 33.7 Å². The molecule has 28 heavy (non-hydrogen) atoms. The van der Waals surface area contributed by atoms with E-state index in [1.54, 1.807) is 7.05 Å². The zero-order valence-corrected chi connectivity index (χ0v) is 19.5. The minimum absolute atomic E-state index is 0. The number of halogens is 1. The molecule has 1 aliphatic carbocycles. The molecular weight excluding hydrogens is 491 g/mol. The van der Waals surface area contributed by atoms with Gasteiger partial charge < -0.3 is 15.1 Å². The van der Waals surface area contributed by atoms with Gasteiger partial charge in [-0.25, -0.2) is 13.1 Å². The van der Waals surface area contributed by atoms with Crippen LogP contribution in [0.2, 0.25) is 0 Å². The quantitative estimate of drug-likeness (QED) is 0.283. The van der Waals surface area contributed by atoms with E-state index in [4.69, 9.17) is 4.42 Å². The van der Waals surface area contributed by atoms with Crippen LogP contribution in [0.1, 0.15) is 30.6 Å². The zero-order chi connectivity index (χ0) is 19.3. The first-order chi connectivity index (χ1) is 13.0. The summed E-state index contributed by atoms with van der Waals surface area (Å²) in [7, 11) is -1.60. The highest BCUT2D eigenvalue weighted by atomic mass is 127. The molecule has 0 atom stereocenters. The number of guanidine groups is 1. The molecule has 0 saturated heterocycles. The number of aryl methyl sites for hydroxylation is 1. The Morgan fingerprint density at radius 1 is 1.25 bits per heavy atom. The van der Waals surface area contributed by atoms with Gasteiger partial charge in [-0.2, -0.15) is 0 Å². The summed E-state index contributed by atoms with van der Waals surface area (Å²) in [4.78, 5) is 4.14. The van der Waals surface area contributed by atoms with Gasteiger partial charge in [0.25, 0.3) is 0 Å². The summed E-state index contributed by atoms with van der Waals surface area (Å²) in [5, 5.41) is 7.31. The van der Waals surface area contributed by atoms with Crippen molar-refractivity contribution in [3.8, 4) is 0 Å². The Morgan fingerprint density at radius 2 is 2.00 bits per heavy atom. The highest BCUT2D eigenvalue weighted by Crippen LogP contribution is 2.25. The van der Waals surface area contributed by atoms with Gasteiger partial charge in [-0.05, 0) is 31.7 Å². The Bertz CT molecular complexity index is 907. The third kappa shape index (κ3) is 6.08. The van der Waals surface area contributed by atoms with Gasteiger partial charge in [-0.3, -0.25) is 4.99 Å². The molecule has 0 amide bonds. The van der Waals surface area contributed by atoms with Crippen LogP contribution in [0.25, 0.3) is 11.0 Å². The molecule has 1 aromatic heterocycles. The molecular formula is C19H29IN4O3S. The number of para-hydroxylation sites is 1. The van der Waals surface area contributed by atoms with E-state index in [0.29, 0.717) is 31.5 Å². The van der Waals surface area contributed by atoms with Gasteiger partial charge >= 0.3 is 0 Å². The Kier molecular flexibility index (Phi) is 8.56. The molecule has 3 N–H and O–H groups in total. The van der Waals surface area contributed by atoms with E-state index in [2.05, 4.69) is 20.3 Å². The summed E-state index contributed by atoms with van der Waals surface area (Å²) >= 11 is 0. The maximum Gasteiger partial charge on any atom is 0.213 e. The molecule has 0 aliphatic heterocycles. The van der Waals surface area contributed by atoms with Crippen molar-refractivity contribution in [2.45, 2.75) is 32.7 Å². The normalized spacial score (nSPS) is 15.1. The summed E-state index contributed by atoms with van der Waals surface area (Å²) in [6, 6.07) is 7.91. The van der Waals surface area contributed by atoms with Gasteiger partial charge in [-0.1, -0.05) is 24.6 Å². The first-order valence-electron chi connectivity index (χ1n) is 9.37. The van der Waals surface area contributed by atoms with Crippen LogP contribution in [0.3, 0.4) is 0 Å². The van der Waals surface area contributed by atoms with Crippen molar-refractivity contribution in [3.05, 3.63) is 35.6 Å². The van der Waals surface area contributed by atoms with Crippen LogP contribution in [0.4, 0.5) is 0 Å². The number of fused-ring (bicyclic) bond motifs is 1. The molecule has 2 aromatic rings. The molecule has 156 valence electrons. The highest BCUT2D eigenvalue weighted by Gasteiger charge is 2.20. The van der Waals surface area contributed by atoms with Crippen LogP contribution < -0.4 is 15.4 Å². The third-order valence-corrected chi connectivity index (χ3v) is 6.41. The monoisotopic (exact) mass is 520 g/mol. The van der Waals surface area contributed by atoms with E-state index in [0.717, 1.165) is 35.1 Å². The molecule has 3 rings (SSSR count). The second kappa shape index (κ2) is 10.4. The minimum Gasteiger partial charge on any atom is -0.459 e. The second-order valence-corrected chi connectivity index (χ2v) is 8.89. The molecule has 0 radical (unpaired) electrons. The molecule has 7 nitrogen and oxygen atoms in total. The number of furan rings is 1. The van der Waals surface area contributed by atoms with Gasteiger partial charge in [0.05, 0.1) is 12.3 Å². The molecule has 0 spiro atoms. The molecule has 1 fully saturated rings. The molecule has 1 aromatic carbocycles. The number of benzene rings is 1. The van der Waals surface area contributed by atoms with Crippen LogP contribution in [-0.2, 0) is 16.6 Å². The van der Waals surface area contributed by atoms with E-state index in [1.807, 2.05) is 31.2 Å². The number of hydrogen-bond donors (Lipinski definition) is 3. The fraction of sp³-hybridized carbons (Fsp3) is 0.526. The number of rotatable bonds is 8. The molecule has 9 heteroatoms. The Balaban J connectivity index is 0.00000280. The lowest BCUT2D eigenvalue weighted by Gasteiger charge is -2.25. The van der Waals surface area contributed by atoms with Crippen molar-refractivity contribution in [2.75, 3.05) is 25.9 Å². The smallest absolute Gasteiger partial charge is 0.213 e. The first kappa shape index (κ1) is 23.0. The highest BCUT2D eigenvalue weighted by molar-refractivity contribution is 14.0. The van der Waals surface area contributed by atoms with Crippen molar-refractivity contribution in [1.82, 2.24) is 15.4 Å². The lowest BCUT2D eigenvalue weighted by molar-refractivity contribution is 0.316. The summed E-state index contributed by atoms with van der Waals surface area (Å²) in [6.07, 6.45) is 3.46. The van der Waals surface area contributed by atoms with Crippen LogP contribution >= 0.6 is 24.0 Å². The van der Waals surface area contributed by atoms with Gasteiger partial charge in [-0.15, -0.1) is 24.0 Å². The number of nitrogens with one attached hydrogen (secondary N) is 3. The number of sulfonamides is 1. The van der Waals surface area contributed by atoms with Crippen LogP contribution in [-0.4, -0.2) is 40.3 Å². The Hall–Kier alpha value is -1.33. The largest absolute Gasteiger partial charge is 0.459 e. The first-order valence-corrected chi connectivity index (χ1v) is 11.0. The molecule has 0 unspecified atom stereocenters. The lowest BCUT2D eigenvalue weighted by Crippen LogP contribution is -2.41. The van der Waals surface area contributed by atoms with Gasteiger partial charge in [0.1, 0.15) is 11.3 Å². The van der Waals surface area contributed by atoms with Crippen molar-refractivity contribution in [3.63, 3.8) is 0 Å². The maximum absolute atomic E-state index is 12.0. The summed E-state index contributed by atoms with van der Waals surface area (Å²) in [6.45, 7) is 3.35. The fourth-order valence-corrected chi connectivity index (χ4v) is 4.10. The third-order valence-electron chi connectivity index (χ3n) is 5.06. The zero-order valence-electron chi connectivity index (χ0n) is 16.3. The molecule has 1 heterocycles. The molecule has 1 aliphatic rings. The summed E-state index contributed by atoms with van der Waals surface area (Å²) in [5.74, 6) is 1.91. The van der Waals surface area contributed by atoms with Crippen LogP contribution in [0.5, 0.6) is 0 Å². The SMILES string of the molecule is CN=C(NCCS(=O)(=O)NCC1CCC1)NCc1oc2ccccc2c1C.I. The van der Waals surface area contributed by atoms with Crippen molar-refractivity contribution >= 4 is 50.9 Å². The Morgan fingerprint density at radius 3 is 2.64 bits per heavy atom. The maximum atomic E-state index is 12.0. The summed E-state index contributed by atoms with van der Waals surface area (Å²) < 4.78 is 32.6. The minimum atomic E-state index is -3.26. The van der Waals surface area contributed by atoms with E-state index < -0.39 is 10.0 Å². The van der Waals surface area contributed by atoms with E-state index in [-0.39, 0.29) is 29.7 Å². The van der Waals surface area contributed by atoms with Crippen molar-refractivity contribution < 1.29 is 12.8 Å². The fourth-order valence-electron chi connectivity index (χ4n) is 3.10. The predicted molar refractivity (Wildman–Crippen MR) is 124 cm³/mol. The van der Waals surface area contributed by atoms with Gasteiger partial charge in [0.15, 0.2) is 5.96 Å². The van der Waals surface area contributed by atoms with E-state index >= 15 is 0 Å². The molecule has 0 bridgehead atoms. The topological polar surface area (TPSA) is 95.7 Å². The number of nitrogens with zero attached hydrogens (tertiary/aromatic N) is 1. The van der Waals surface area contributed by atoms with Crippen molar-refractivity contribution in [1.29, 1.82) is 0 Å². The van der Waals surface area contributed by atoms with Crippen LogP contribution in [0, 0.1) is 12.8 Å². The number of hydrogen-bond acceptors (Lipinski definition) is 4. The Labute approximate surface area is 183 Å².